The number of carbonyl (C=O) groups excluding carboxylic acids is 2. The zero-order valence-electron chi connectivity index (χ0n) is 32.2. The van der Waals surface area contributed by atoms with Crippen LogP contribution < -0.4 is 5.73 Å². The lowest BCUT2D eigenvalue weighted by Crippen LogP contribution is -2.58. The molecule has 0 aromatic rings. The van der Waals surface area contributed by atoms with Crippen LogP contribution in [0.15, 0.2) is 48.6 Å². The second-order valence-corrected chi connectivity index (χ2v) is 14.8. The topological polar surface area (TPSA) is 156 Å². The standard InChI is InChI=1S/C41H74NO8P/c1-3-5-7-9-11-13-15-17-19-21-23-25-27-29-31-33-38(44)41(40(46)37-43,50-51(47,48)49-36-35-42)39(45)34-32-30-28-26-24-22-20-18-16-14-12-10-8-6-4-2/h11-14,17-20,40,43,46H,3-10,15-16,21-37,42H2,1-2H3,(H,47,48)/t40-,41?/m0/s1. The maximum atomic E-state index is 13.6. The van der Waals surface area contributed by atoms with E-state index in [4.69, 9.17) is 14.8 Å². The van der Waals surface area contributed by atoms with Gasteiger partial charge in [-0.1, -0.05) is 127 Å². The van der Waals surface area contributed by atoms with Crippen molar-refractivity contribution in [2.24, 2.45) is 5.73 Å². The van der Waals surface area contributed by atoms with E-state index in [-0.39, 0.29) is 26.0 Å². The zero-order valence-corrected chi connectivity index (χ0v) is 33.1. The van der Waals surface area contributed by atoms with Crippen LogP contribution in [0.4, 0.5) is 0 Å². The molecule has 5 N–H and O–H groups in total. The quantitative estimate of drug-likeness (QED) is 0.0211. The van der Waals surface area contributed by atoms with Gasteiger partial charge in [0.05, 0.1) is 13.2 Å². The Hall–Kier alpha value is -1.71. The van der Waals surface area contributed by atoms with E-state index in [1.807, 2.05) is 0 Å². The van der Waals surface area contributed by atoms with Crippen LogP contribution in [0.5, 0.6) is 0 Å². The summed E-state index contributed by atoms with van der Waals surface area (Å²) in [6.45, 7) is 2.97. The molecule has 51 heavy (non-hydrogen) atoms. The van der Waals surface area contributed by atoms with Crippen LogP contribution in [0.25, 0.3) is 0 Å². The van der Waals surface area contributed by atoms with Crippen molar-refractivity contribution in [2.75, 3.05) is 19.8 Å². The van der Waals surface area contributed by atoms with Crippen molar-refractivity contribution in [3.05, 3.63) is 48.6 Å². The maximum Gasteiger partial charge on any atom is 0.473 e. The Labute approximate surface area is 310 Å². The van der Waals surface area contributed by atoms with Crippen LogP contribution in [0.3, 0.4) is 0 Å². The first-order chi connectivity index (χ1) is 24.7. The minimum absolute atomic E-state index is 0.0940. The number of aliphatic hydroxyl groups excluding tert-OH is 2. The molecule has 2 atom stereocenters. The highest BCUT2D eigenvalue weighted by Gasteiger charge is 2.55. The molecule has 10 heteroatoms. The van der Waals surface area contributed by atoms with Gasteiger partial charge in [-0.15, -0.1) is 0 Å². The van der Waals surface area contributed by atoms with Crippen molar-refractivity contribution >= 4 is 19.4 Å². The lowest BCUT2D eigenvalue weighted by molar-refractivity contribution is -0.164. The molecule has 0 aliphatic rings. The minimum atomic E-state index is -4.97. The van der Waals surface area contributed by atoms with Crippen molar-refractivity contribution in [1.29, 1.82) is 0 Å². The van der Waals surface area contributed by atoms with Crippen LogP contribution in [0, 0.1) is 0 Å². The number of ketones is 2. The number of Topliss-reactive ketones (excluding diaryl/α,β-unsaturated/α-hetero) is 2. The van der Waals surface area contributed by atoms with Crippen molar-refractivity contribution < 1.29 is 38.3 Å². The first kappa shape index (κ1) is 49.3. The van der Waals surface area contributed by atoms with Gasteiger partial charge in [0.2, 0.25) is 5.60 Å². The summed E-state index contributed by atoms with van der Waals surface area (Å²) in [4.78, 5) is 37.6. The molecule has 0 aromatic carbocycles. The van der Waals surface area contributed by atoms with Gasteiger partial charge in [-0.25, -0.2) is 4.57 Å². The number of unbranched alkanes of at least 4 members (excludes halogenated alkanes) is 16. The van der Waals surface area contributed by atoms with Gasteiger partial charge in [0.25, 0.3) is 0 Å². The number of allylic oxidation sites excluding steroid dienone is 8. The maximum absolute atomic E-state index is 13.6. The van der Waals surface area contributed by atoms with E-state index in [0.717, 1.165) is 77.0 Å². The number of carbonyl (C=O) groups is 2. The van der Waals surface area contributed by atoms with Crippen molar-refractivity contribution in [1.82, 2.24) is 0 Å². The van der Waals surface area contributed by atoms with E-state index >= 15 is 0 Å². The van der Waals surface area contributed by atoms with Crippen LogP contribution >= 0.6 is 7.82 Å². The van der Waals surface area contributed by atoms with Crippen LogP contribution in [0.1, 0.15) is 168 Å². The van der Waals surface area contributed by atoms with Crippen LogP contribution in [-0.2, 0) is 23.2 Å². The fourth-order valence-electron chi connectivity index (χ4n) is 5.76. The Morgan fingerprint density at radius 3 is 1.39 bits per heavy atom. The minimum Gasteiger partial charge on any atom is -0.394 e. The molecule has 0 saturated carbocycles. The molecule has 0 fully saturated rings. The van der Waals surface area contributed by atoms with Gasteiger partial charge in [0.1, 0.15) is 6.10 Å². The van der Waals surface area contributed by atoms with E-state index in [1.54, 1.807) is 0 Å². The predicted octanol–water partition coefficient (Wildman–Crippen LogP) is 9.94. The summed E-state index contributed by atoms with van der Waals surface area (Å²) in [6.07, 6.45) is 37.1. The molecule has 0 heterocycles. The number of rotatable bonds is 37. The Bertz CT molecular complexity index is 967. The van der Waals surface area contributed by atoms with Crippen LogP contribution in [0.2, 0.25) is 0 Å². The molecule has 0 radical (unpaired) electrons. The van der Waals surface area contributed by atoms with Crippen molar-refractivity contribution in [2.45, 2.75) is 180 Å². The monoisotopic (exact) mass is 740 g/mol. The van der Waals surface area contributed by atoms with Crippen molar-refractivity contribution in [3.63, 3.8) is 0 Å². The number of nitrogens with two attached hydrogens (primary N) is 1. The lowest BCUT2D eigenvalue weighted by Gasteiger charge is -2.35. The molecule has 0 aliphatic heterocycles. The number of aliphatic hydroxyl groups is 2. The third-order valence-corrected chi connectivity index (χ3v) is 9.84. The van der Waals surface area contributed by atoms with E-state index in [1.165, 1.54) is 38.5 Å². The second kappa shape index (κ2) is 34.1. The van der Waals surface area contributed by atoms with Gasteiger partial charge in [0, 0.05) is 19.4 Å². The highest BCUT2D eigenvalue weighted by Crippen LogP contribution is 2.49. The van der Waals surface area contributed by atoms with Gasteiger partial charge >= 0.3 is 7.82 Å². The first-order valence-corrected chi connectivity index (χ1v) is 21.5. The summed E-state index contributed by atoms with van der Waals surface area (Å²) >= 11 is 0. The first-order valence-electron chi connectivity index (χ1n) is 20.0. The molecule has 9 nitrogen and oxygen atoms in total. The highest BCUT2D eigenvalue weighted by molar-refractivity contribution is 7.47. The van der Waals surface area contributed by atoms with Gasteiger partial charge in [-0.2, -0.15) is 0 Å². The Morgan fingerprint density at radius 1 is 0.647 bits per heavy atom. The summed E-state index contributed by atoms with van der Waals surface area (Å²) in [6, 6.07) is 0. The number of hydrogen-bond acceptors (Lipinski definition) is 8. The van der Waals surface area contributed by atoms with Crippen molar-refractivity contribution in [3.8, 4) is 0 Å². The molecular formula is C41H74NO8P. The van der Waals surface area contributed by atoms with E-state index in [0.29, 0.717) is 25.7 Å². The molecule has 0 aromatic heterocycles. The summed E-state index contributed by atoms with van der Waals surface area (Å²) < 4.78 is 22.9. The van der Waals surface area contributed by atoms with Gasteiger partial charge in [0.15, 0.2) is 11.6 Å². The molecular weight excluding hydrogens is 665 g/mol. The smallest absolute Gasteiger partial charge is 0.394 e. The summed E-state index contributed by atoms with van der Waals surface area (Å²) in [5, 5.41) is 20.7. The molecule has 0 spiro atoms. The number of hydrogen-bond donors (Lipinski definition) is 4. The normalized spacial score (nSPS) is 15.3. The third kappa shape index (κ3) is 25.8. The largest absolute Gasteiger partial charge is 0.473 e. The Morgan fingerprint density at radius 2 is 1.02 bits per heavy atom. The Balaban J connectivity index is 4.89. The fraction of sp³-hybridized carbons (Fsp3) is 0.756. The molecule has 1 unspecified atom stereocenters. The van der Waals surface area contributed by atoms with Crippen LogP contribution in [-0.4, -0.2) is 58.1 Å². The SMILES string of the molecule is CCCCCC=CCC=CCCCCCCCC(=O)C(OP(=O)(O)OCCN)(C(=O)CCCCCCCC=CCC=CCCCCC)[C@@H](O)CO. The third-order valence-electron chi connectivity index (χ3n) is 8.81. The molecule has 0 bridgehead atoms. The summed E-state index contributed by atoms with van der Waals surface area (Å²) in [5.41, 5.74) is 2.70. The highest BCUT2D eigenvalue weighted by atomic mass is 31.2. The number of phosphoric ester groups is 1. The molecule has 0 rings (SSSR count). The molecule has 0 aliphatic carbocycles. The zero-order chi connectivity index (χ0) is 37.9. The predicted molar refractivity (Wildman–Crippen MR) is 210 cm³/mol. The fourth-order valence-corrected chi connectivity index (χ4v) is 6.84. The summed E-state index contributed by atoms with van der Waals surface area (Å²) in [5.74, 6) is -1.65. The second-order valence-electron chi connectivity index (χ2n) is 13.4. The lowest BCUT2D eigenvalue weighted by atomic mass is 9.82. The Kier molecular flexibility index (Phi) is 32.9. The van der Waals surface area contributed by atoms with E-state index < -0.39 is 37.7 Å². The average Bonchev–Trinajstić information content (AvgIpc) is 3.12. The average molecular weight is 740 g/mol. The van der Waals surface area contributed by atoms with E-state index in [2.05, 4.69) is 62.5 Å². The van der Waals surface area contributed by atoms with E-state index in [9.17, 15) is 29.3 Å². The van der Waals surface area contributed by atoms with Gasteiger partial charge < -0.3 is 20.8 Å². The van der Waals surface area contributed by atoms with Gasteiger partial charge in [-0.3, -0.25) is 18.6 Å². The molecule has 0 saturated heterocycles. The molecule has 296 valence electrons. The summed E-state index contributed by atoms with van der Waals surface area (Å²) in [7, 11) is -4.97. The molecule has 0 amide bonds. The van der Waals surface area contributed by atoms with Gasteiger partial charge in [-0.05, 0) is 77.0 Å². The number of phosphoric acid groups is 1.